The summed E-state index contributed by atoms with van der Waals surface area (Å²) < 4.78 is 0. The van der Waals surface area contributed by atoms with Gasteiger partial charge in [0.1, 0.15) is 0 Å². The number of aromatic nitrogens is 2. The lowest BCUT2D eigenvalue weighted by Crippen LogP contribution is -2.25. The number of nitrogens with one attached hydrogen (secondary N) is 2. The number of anilines is 1. The lowest BCUT2D eigenvalue weighted by Gasteiger charge is -2.04. The van der Waals surface area contributed by atoms with Crippen molar-refractivity contribution in [2.45, 2.75) is 39.0 Å². The first-order chi connectivity index (χ1) is 9.20. The molecule has 6 heteroatoms. The van der Waals surface area contributed by atoms with Crippen LogP contribution in [-0.2, 0) is 6.42 Å². The standard InChI is InChI=1S/C13H24N4OS/c1-3-10-11(14)12(17-16-10)13(18)15-8-6-4-5-7-9-19-2/h3-9,14H2,1-2H3,(H,15,18)(H,16,17). The number of thioether (sulfide) groups is 1. The molecule has 0 atom stereocenters. The van der Waals surface area contributed by atoms with Crippen LogP contribution in [0.25, 0.3) is 0 Å². The summed E-state index contributed by atoms with van der Waals surface area (Å²) in [5.41, 5.74) is 7.46. The fourth-order valence-corrected chi connectivity index (χ4v) is 2.33. The molecule has 0 aliphatic heterocycles. The van der Waals surface area contributed by atoms with E-state index >= 15 is 0 Å². The topological polar surface area (TPSA) is 83.8 Å². The molecule has 0 saturated carbocycles. The Bertz CT molecular complexity index is 392. The molecule has 0 unspecified atom stereocenters. The van der Waals surface area contributed by atoms with Gasteiger partial charge in [-0.05, 0) is 31.3 Å². The molecular weight excluding hydrogens is 260 g/mol. The van der Waals surface area contributed by atoms with Gasteiger partial charge in [-0.2, -0.15) is 16.9 Å². The third kappa shape index (κ3) is 5.14. The number of aromatic amines is 1. The summed E-state index contributed by atoms with van der Waals surface area (Å²) >= 11 is 1.88. The number of rotatable bonds is 9. The molecule has 1 aromatic rings. The first-order valence-electron chi connectivity index (χ1n) is 6.80. The van der Waals surface area contributed by atoms with Crippen molar-refractivity contribution in [2.75, 3.05) is 24.3 Å². The number of amides is 1. The van der Waals surface area contributed by atoms with E-state index in [1.165, 1.54) is 18.6 Å². The van der Waals surface area contributed by atoms with Crippen molar-refractivity contribution in [2.24, 2.45) is 0 Å². The number of hydrogen-bond donors (Lipinski definition) is 3. The first-order valence-corrected chi connectivity index (χ1v) is 8.19. The number of H-pyrrole nitrogens is 1. The summed E-state index contributed by atoms with van der Waals surface area (Å²) in [5, 5.41) is 9.61. The van der Waals surface area contributed by atoms with Gasteiger partial charge in [0.05, 0.1) is 11.4 Å². The zero-order valence-corrected chi connectivity index (χ0v) is 12.6. The summed E-state index contributed by atoms with van der Waals surface area (Å²) in [6.07, 6.45) is 7.51. The zero-order chi connectivity index (χ0) is 14.1. The predicted octanol–water partition coefficient (Wildman–Crippen LogP) is 2.21. The zero-order valence-electron chi connectivity index (χ0n) is 11.8. The number of nitrogens with zero attached hydrogens (tertiary/aromatic N) is 1. The molecule has 1 heterocycles. The van der Waals surface area contributed by atoms with E-state index in [-0.39, 0.29) is 5.91 Å². The summed E-state index contributed by atoms with van der Waals surface area (Å²) in [5.74, 6) is 1.04. The maximum atomic E-state index is 11.9. The Hall–Kier alpha value is -1.17. The van der Waals surface area contributed by atoms with Crippen LogP contribution in [0, 0.1) is 0 Å². The van der Waals surface area contributed by atoms with Crippen LogP contribution in [0.2, 0.25) is 0 Å². The monoisotopic (exact) mass is 284 g/mol. The maximum absolute atomic E-state index is 11.9. The van der Waals surface area contributed by atoms with Crippen molar-refractivity contribution < 1.29 is 4.79 Å². The number of aryl methyl sites for hydroxylation is 1. The summed E-state index contributed by atoms with van der Waals surface area (Å²) in [4.78, 5) is 11.9. The maximum Gasteiger partial charge on any atom is 0.273 e. The second kappa shape index (κ2) is 8.85. The number of carbonyl (C=O) groups is 1. The number of carbonyl (C=O) groups excluding carboxylic acids is 1. The minimum absolute atomic E-state index is 0.183. The van der Waals surface area contributed by atoms with Crippen LogP contribution in [-0.4, -0.2) is 34.7 Å². The average Bonchev–Trinajstić information content (AvgIpc) is 2.78. The molecule has 19 heavy (non-hydrogen) atoms. The van der Waals surface area contributed by atoms with E-state index in [1.807, 2.05) is 18.7 Å². The van der Waals surface area contributed by atoms with Gasteiger partial charge in [-0.1, -0.05) is 19.8 Å². The van der Waals surface area contributed by atoms with Crippen molar-refractivity contribution in [3.8, 4) is 0 Å². The normalized spacial score (nSPS) is 10.6. The molecule has 0 fully saturated rings. The number of unbranched alkanes of at least 4 members (excludes halogenated alkanes) is 3. The molecule has 0 aromatic carbocycles. The number of hydrogen-bond acceptors (Lipinski definition) is 4. The lowest BCUT2D eigenvalue weighted by atomic mass is 10.2. The van der Waals surface area contributed by atoms with E-state index in [0.29, 0.717) is 17.9 Å². The highest BCUT2D eigenvalue weighted by molar-refractivity contribution is 7.98. The van der Waals surface area contributed by atoms with Crippen LogP contribution < -0.4 is 11.1 Å². The Morgan fingerprint density at radius 3 is 2.74 bits per heavy atom. The highest BCUT2D eigenvalue weighted by atomic mass is 32.2. The van der Waals surface area contributed by atoms with Gasteiger partial charge in [-0.3, -0.25) is 9.89 Å². The van der Waals surface area contributed by atoms with Gasteiger partial charge in [-0.15, -0.1) is 0 Å². The molecule has 4 N–H and O–H groups in total. The Morgan fingerprint density at radius 1 is 1.37 bits per heavy atom. The third-order valence-corrected chi connectivity index (χ3v) is 3.71. The average molecular weight is 284 g/mol. The van der Waals surface area contributed by atoms with Gasteiger partial charge >= 0.3 is 0 Å². The van der Waals surface area contributed by atoms with Gasteiger partial charge in [0.2, 0.25) is 0 Å². The Balaban J connectivity index is 2.22. The van der Waals surface area contributed by atoms with Gasteiger partial charge in [-0.25, -0.2) is 0 Å². The number of nitrogen functional groups attached to an aromatic ring is 1. The van der Waals surface area contributed by atoms with Crippen molar-refractivity contribution >= 4 is 23.4 Å². The molecule has 0 spiro atoms. The highest BCUT2D eigenvalue weighted by Crippen LogP contribution is 2.14. The van der Waals surface area contributed by atoms with E-state index in [2.05, 4.69) is 21.8 Å². The van der Waals surface area contributed by atoms with Crippen molar-refractivity contribution in [1.29, 1.82) is 0 Å². The molecule has 1 aromatic heterocycles. The van der Waals surface area contributed by atoms with E-state index in [0.717, 1.165) is 25.0 Å². The van der Waals surface area contributed by atoms with Gasteiger partial charge in [0.25, 0.3) is 5.91 Å². The first kappa shape index (κ1) is 15.9. The van der Waals surface area contributed by atoms with E-state index in [1.54, 1.807) is 0 Å². The Morgan fingerprint density at radius 2 is 2.11 bits per heavy atom. The van der Waals surface area contributed by atoms with E-state index in [9.17, 15) is 4.79 Å². The second-order valence-corrected chi connectivity index (χ2v) is 5.47. The SMILES string of the molecule is CCc1[nH]nc(C(=O)NCCCCCCSC)c1N. The Labute approximate surface area is 119 Å². The van der Waals surface area contributed by atoms with Crippen LogP contribution in [0.3, 0.4) is 0 Å². The fraction of sp³-hybridized carbons (Fsp3) is 0.692. The van der Waals surface area contributed by atoms with Crippen LogP contribution in [0.4, 0.5) is 5.69 Å². The van der Waals surface area contributed by atoms with Gasteiger partial charge in [0, 0.05) is 6.54 Å². The molecule has 0 aliphatic rings. The summed E-state index contributed by atoms with van der Waals surface area (Å²) in [7, 11) is 0. The van der Waals surface area contributed by atoms with E-state index < -0.39 is 0 Å². The highest BCUT2D eigenvalue weighted by Gasteiger charge is 2.15. The van der Waals surface area contributed by atoms with Crippen LogP contribution in [0.15, 0.2) is 0 Å². The molecule has 0 saturated heterocycles. The minimum atomic E-state index is -0.183. The predicted molar refractivity (Wildman–Crippen MR) is 81.6 cm³/mol. The second-order valence-electron chi connectivity index (χ2n) is 4.48. The molecule has 0 radical (unpaired) electrons. The minimum Gasteiger partial charge on any atom is -0.395 e. The molecule has 0 aliphatic carbocycles. The van der Waals surface area contributed by atoms with Crippen molar-refractivity contribution in [1.82, 2.24) is 15.5 Å². The van der Waals surface area contributed by atoms with Crippen LogP contribution in [0.1, 0.15) is 48.8 Å². The molecule has 1 amide bonds. The molecule has 108 valence electrons. The quantitative estimate of drug-likeness (QED) is 0.607. The molecular formula is C13H24N4OS. The Kier molecular flexibility index (Phi) is 7.40. The fourth-order valence-electron chi connectivity index (χ4n) is 1.84. The largest absolute Gasteiger partial charge is 0.395 e. The number of nitrogens with two attached hydrogens (primary N) is 1. The smallest absolute Gasteiger partial charge is 0.273 e. The summed E-state index contributed by atoms with van der Waals surface area (Å²) in [6, 6.07) is 0. The van der Waals surface area contributed by atoms with Gasteiger partial charge in [0.15, 0.2) is 5.69 Å². The lowest BCUT2D eigenvalue weighted by molar-refractivity contribution is 0.0949. The van der Waals surface area contributed by atoms with Crippen molar-refractivity contribution in [3.63, 3.8) is 0 Å². The van der Waals surface area contributed by atoms with Crippen LogP contribution in [0.5, 0.6) is 0 Å². The van der Waals surface area contributed by atoms with Crippen molar-refractivity contribution in [3.05, 3.63) is 11.4 Å². The molecule has 5 nitrogen and oxygen atoms in total. The third-order valence-electron chi connectivity index (χ3n) is 3.01. The molecule has 0 bridgehead atoms. The molecule has 1 rings (SSSR count). The van der Waals surface area contributed by atoms with E-state index in [4.69, 9.17) is 5.73 Å². The summed E-state index contributed by atoms with van der Waals surface area (Å²) in [6.45, 7) is 2.66. The van der Waals surface area contributed by atoms with Crippen LogP contribution >= 0.6 is 11.8 Å². The van der Waals surface area contributed by atoms with Gasteiger partial charge < -0.3 is 11.1 Å².